The fraction of sp³-hybridized carbons (Fsp3) is 0.462. The minimum absolute atomic E-state index is 0.242. The van der Waals surface area contributed by atoms with Gasteiger partial charge in [0.2, 0.25) is 0 Å². The van der Waals surface area contributed by atoms with Gasteiger partial charge < -0.3 is 4.90 Å². The summed E-state index contributed by atoms with van der Waals surface area (Å²) in [6.07, 6.45) is 3.06. The van der Waals surface area contributed by atoms with Crippen LogP contribution in [0.1, 0.15) is 18.9 Å². The Hall–Kier alpha value is -0.730. The molecule has 0 fully saturated rings. The largest absolute Gasteiger partial charge is 0.369 e. The van der Waals surface area contributed by atoms with E-state index in [1.54, 1.807) is 23.9 Å². The molecule has 0 N–H and O–H groups in total. The van der Waals surface area contributed by atoms with Gasteiger partial charge in [-0.25, -0.2) is 4.39 Å². The molecule has 2 nitrogen and oxygen atoms in total. The third kappa shape index (κ3) is 3.39. The van der Waals surface area contributed by atoms with Gasteiger partial charge in [0.1, 0.15) is 6.07 Å². The Morgan fingerprint density at radius 2 is 2.22 bits per heavy atom. The van der Waals surface area contributed by atoms with Crippen molar-refractivity contribution in [3.05, 3.63) is 28.0 Å². The average Bonchev–Trinajstić information content (AvgIpc) is 2.38. The lowest BCUT2D eigenvalue weighted by molar-refractivity contribution is 0.595. The molecule has 0 aliphatic carbocycles. The van der Waals surface area contributed by atoms with Crippen LogP contribution in [0.5, 0.6) is 0 Å². The Kier molecular flexibility index (Phi) is 5.97. The van der Waals surface area contributed by atoms with Gasteiger partial charge in [-0.3, -0.25) is 0 Å². The number of rotatable bonds is 5. The van der Waals surface area contributed by atoms with Crippen LogP contribution in [0.15, 0.2) is 16.6 Å². The van der Waals surface area contributed by atoms with Gasteiger partial charge in [0.25, 0.3) is 0 Å². The van der Waals surface area contributed by atoms with Crippen LogP contribution < -0.4 is 4.90 Å². The molecule has 0 spiro atoms. The zero-order valence-electron chi connectivity index (χ0n) is 10.7. The van der Waals surface area contributed by atoms with Gasteiger partial charge in [0.05, 0.1) is 15.7 Å². The van der Waals surface area contributed by atoms with Crippen molar-refractivity contribution in [2.75, 3.05) is 24.0 Å². The lowest BCUT2D eigenvalue weighted by Crippen LogP contribution is -2.30. The zero-order chi connectivity index (χ0) is 13.7. The molecule has 0 saturated carbocycles. The molecule has 18 heavy (non-hydrogen) atoms. The quantitative estimate of drug-likeness (QED) is 0.815. The first-order chi connectivity index (χ1) is 8.52. The maximum absolute atomic E-state index is 14.1. The summed E-state index contributed by atoms with van der Waals surface area (Å²) in [4.78, 5) is 1.91. The molecule has 0 aliphatic heterocycles. The van der Waals surface area contributed by atoms with Gasteiger partial charge in [-0.05, 0) is 53.4 Å². The fourth-order valence-electron chi connectivity index (χ4n) is 1.62. The van der Waals surface area contributed by atoms with E-state index < -0.39 is 0 Å². The first-order valence-electron chi connectivity index (χ1n) is 5.62. The molecule has 0 heterocycles. The third-order valence-electron chi connectivity index (χ3n) is 2.96. The van der Waals surface area contributed by atoms with Crippen molar-refractivity contribution in [2.45, 2.75) is 19.4 Å². The predicted octanol–water partition coefficient (Wildman–Crippen LogP) is 4.04. The summed E-state index contributed by atoms with van der Waals surface area (Å²) >= 11 is 4.92. The molecular formula is C13H16BrFN2S. The molecule has 1 aromatic rings. The Labute approximate surface area is 120 Å². The summed E-state index contributed by atoms with van der Waals surface area (Å²) in [6, 6.07) is 5.51. The SMILES string of the molecule is CSCCC(C)N(C)c1ccc(C#N)c(Br)c1F. The highest BCUT2D eigenvalue weighted by molar-refractivity contribution is 9.10. The predicted molar refractivity (Wildman–Crippen MR) is 79.7 cm³/mol. The van der Waals surface area contributed by atoms with E-state index in [4.69, 9.17) is 5.26 Å². The maximum atomic E-state index is 14.1. The summed E-state index contributed by atoms with van der Waals surface area (Å²) in [6.45, 7) is 2.07. The van der Waals surface area contributed by atoms with Crippen LogP contribution >= 0.6 is 27.7 Å². The number of hydrogen-bond donors (Lipinski definition) is 0. The second-order valence-corrected chi connectivity index (χ2v) is 5.89. The topological polar surface area (TPSA) is 27.0 Å². The number of thioether (sulfide) groups is 1. The van der Waals surface area contributed by atoms with Crippen molar-refractivity contribution in [1.82, 2.24) is 0 Å². The van der Waals surface area contributed by atoms with Crippen LogP contribution in [-0.2, 0) is 0 Å². The maximum Gasteiger partial charge on any atom is 0.161 e. The standard InChI is InChI=1S/C13H16BrFN2S/c1-9(6-7-18-3)17(2)11-5-4-10(8-16)12(14)13(11)15/h4-5,9H,6-7H2,1-3H3. The molecule has 1 rings (SSSR count). The first-order valence-corrected chi connectivity index (χ1v) is 7.81. The lowest BCUT2D eigenvalue weighted by atomic mass is 10.1. The molecule has 0 radical (unpaired) electrons. The monoisotopic (exact) mass is 330 g/mol. The number of benzene rings is 1. The van der Waals surface area contributed by atoms with E-state index in [-0.39, 0.29) is 16.3 Å². The zero-order valence-corrected chi connectivity index (χ0v) is 13.1. The minimum atomic E-state index is -0.368. The van der Waals surface area contributed by atoms with Crippen LogP contribution in [-0.4, -0.2) is 25.1 Å². The molecule has 0 saturated heterocycles. The number of nitriles is 1. The number of anilines is 1. The van der Waals surface area contributed by atoms with Crippen LogP contribution in [0.4, 0.5) is 10.1 Å². The molecule has 0 amide bonds. The lowest BCUT2D eigenvalue weighted by Gasteiger charge is -2.27. The van der Waals surface area contributed by atoms with Gasteiger partial charge >= 0.3 is 0 Å². The van der Waals surface area contributed by atoms with E-state index in [0.29, 0.717) is 11.3 Å². The van der Waals surface area contributed by atoms with E-state index >= 15 is 0 Å². The van der Waals surface area contributed by atoms with Crippen molar-refractivity contribution in [1.29, 1.82) is 5.26 Å². The Morgan fingerprint density at radius 1 is 1.56 bits per heavy atom. The molecule has 1 unspecified atom stereocenters. The first kappa shape index (κ1) is 15.3. The van der Waals surface area contributed by atoms with Crippen LogP contribution in [0, 0.1) is 17.1 Å². The molecular weight excluding hydrogens is 315 g/mol. The number of halogens is 2. The van der Waals surface area contributed by atoms with E-state index in [0.717, 1.165) is 12.2 Å². The highest BCUT2D eigenvalue weighted by Gasteiger charge is 2.17. The van der Waals surface area contributed by atoms with E-state index in [1.807, 2.05) is 18.0 Å². The molecule has 1 atom stereocenters. The van der Waals surface area contributed by atoms with Crippen LogP contribution in [0.2, 0.25) is 0 Å². The second-order valence-electron chi connectivity index (χ2n) is 4.11. The summed E-state index contributed by atoms with van der Waals surface area (Å²) in [5, 5.41) is 8.83. The van der Waals surface area contributed by atoms with E-state index in [1.165, 1.54) is 0 Å². The Morgan fingerprint density at radius 3 is 2.78 bits per heavy atom. The van der Waals surface area contributed by atoms with Gasteiger partial charge in [-0.2, -0.15) is 17.0 Å². The summed E-state index contributed by atoms with van der Waals surface area (Å²) in [7, 11) is 1.88. The number of hydrogen-bond acceptors (Lipinski definition) is 3. The minimum Gasteiger partial charge on any atom is -0.369 e. The van der Waals surface area contributed by atoms with Gasteiger partial charge in [-0.15, -0.1) is 0 Å². The molecule has 0 bridgehead atoms. The molecule has 5 heteroatoms. The highest BCUT2D eigenvalue weighted by Crippen LogP contribution is 2.30. The van der Waals surface area contributed by atoms with Crippen molar-refractivity contribution in [2.24, 2.45) is 0 Å². The van der Waals surface area contributed by atoms with Crippen molar-refractivity contribution >= 4 is 33.4 Å². The summed E-state index contributed by atoms with van der Waals surface area (Å²) < 4.78 is 14.4. The Bertz CT molecular complexity index is 459. The normalized spacial score (nSPS) is 12.0. The van der Waals surface area contributed by atoms with Crippen LogP contribution in [0.25, 0.3) is 0 Å². The molecule has 0 aliphatic rings. The summed E-state index contributed by atoms with van der Waals surface area (Å²) in [5.41, 5.74) is 0.843. The van der Waals surface area contributed by atoms with Crippen molar-refractivity contribution < 1.29 is 4.39 Å². The van der Waals surface area contributed by atoms with Gasteiger partial charge in [-0.1, -0.05) is 0 Å². The van der Waals surface area contributed by atoms with Crippen LogP contribution in [0.3, 0.4) is 0 Å². The smallest absolute Gasteiger partial charge is 0.161 e. The number of nitrogens with zero attached hydrogens (tertiary/aromatic N) is 2. The average molecular weight is 331 g/mol. The highest BCUT2D eigenvalue weighted by atomic mass is 79.9. The van der Waals surface area contributed by atoms with Crippen molar-refractivity contribution in [3.63, 3.8) is 0 Å². The Balaban J connectivity index is 2.97. The van der Waals surface area contributed by atoms with Gasteiger partial charge in [0, 0.05) is 13.1 Å². The molecule has 0 aromatic heterocycles. The second kappa shape index (κ2) is 7.01. The van der Waals surface area contributed by atoms with E-state index in [2.05, 4.69) is 29.1 Å². The summed E-state index contributed by atoms with van der Waals surface area (Å²) in [5.74, 6) is 0.678. The third-order valence-corrected chi connectivity index (χ3v) is 4.38. The van der Waals surface area contributed by atoms with Crippen molar-refractivity contribution in [3.8, 4) is 6.07 Å². The molecule has 1 aromatic carbocycles. The molecule has 98 valence electrons. The fourth-order valence-corrected chi connectivity index (χ4v) is 2.62. The van der Waals surface area contributed by atoms with Gasteiger partial charge in [0.15, 0.2) is 5.82 Å². The van der Waals surface area contributed by atoms with E-state index in [9.17, 15) is 4.39 Å².